The molecule has 1 atom stereocenters. The minimum absolute atomic E-state index is 0.0534. The number of nitrogens with one attached hydrogen (secondary N) is 1. The topological polar surface area (TPSA) is 81.2 Å². The number of aromatic nitrogens is 1. The quantitative estimate of drug-likeness (QED) is 0.716. The predicted molar refractivity (Wildman–Crippen MR) is 51.2 cm³/mol. The Hall–Kier alpha value is -1.36. The lowest BCUT2D eigenvalue weighted by atomic mass is 10.1. The maximum absolute atomic E-state index is 11.3. The number of amides is 1. The molecular weight excluding hydrogens is 182 g/mol. The van der Waals surface area contributed by atoms with Crippen LogP contribution in [0.4, 0.5) is 0 Å². The van der Waals surface area contributed by atoms with Crippen LogP contribution in [-0.2, 0) is 11.3 Å². The lowest BCUT2D eigenvalue weighted by Crippen LogP contribution is -2.30. The number of hydrogen-bond donors (Lipinski definition) is 2. The van der Waals surface area contributed by atoms with Gasteiger partial charge in [-0.3, -0.25) is 4.79 Å². The molecule has 3 N–H and O–H groups in total. The lowest BCUT2D eigenvalue weighted by Gasteiger charge is -2.07. The van der Waals surface area contributed by atoms with E-state index in [4.69, 9.17) is 5.73 Å². The summed E-state index contributed by atoms with van der Waals surface area (Å²) in [4.78, 5) is 11.3. The van der Waals surface area contributed by atoms with Crippen molar-refractivity contribution in [3.63, 3.8) is 0 Å². The molecule has 5 nitrogen and oxygen atoms in total. The van der Waals surface area contributed by atoms with E-state index >= 15 is 0 Å². The summed E-state index contributed by atoms with van der Waals surface area (Å²) >= 11 is 0. The van der Waals surface area contributed by atoms with Gasteiger partial charge in [-0.25, -0.2) is 0 Å². The van der Waals surface area contributed by atoms with Gasteiger partial charge in [-0.2, -0.15) is 0 Å². The summed E-state index contributed by atoms with van der Waals surface area (Å²) in [5.74, 6) is -0.0534. The third-order valence-corrected chi connectivity index (χ3v) is 1.93. The van der Waals surface area contributed by atoms with Crippen LogP contribution < -0.4 is 11.1 Å². The Balaban J connectivity index is 2.22. The molecule has 0 spiro atoms. The highest BCUT2D eigenvalue weighted by Crippen LogP contribution is 1.96. The fourth-order valence-electron chi connectivity index (χ4n) is 0.973. The van der Waals surface area contributed by atoms with Crippen molar-refractivity contribution in [2.24, 2.45) is 5.73 Å². The van der Waals surface area contributed by atoms with Gasteiger partial charge in [0.05, 0.1) is 6.54 Å². The van der Waals surface area contributed by atoms with Crippen LogP contribution >= 0.6 is 0 Å². The van der Waals surface area contributed by atoms with Crippen molar-refractivity contribution in [3.05, 3.63) is 18.0 Å². The van der Waals surface area contributed by atoms with E-state index in [1.807, 2.05) is 6.92 Å². The molecule has 0 saturated carbocycles. The van der Waals surface area contributed by atoms with Crippen LogP contribution in [0.25, 0.3) is 0 Å². The third kappa shape index (κ3) is 3.57. The average molecular weight is 197 g/mol. The summed E-state index contributed by atoms with van der Waals surface area (Å²) in [5, 5.41) is 6.38. The molecule has 0 aliphatic heterocycles. The standard InChI is InChI=1S/C9H15N3O2/c1-2-7(10)5-9(13)11-6-8-3-4-14-12-8/h3-4,7H,2,5-6,10H2,1H3,(H,11,13). The first kappa shape index (κ1) is 10.7. The number of nitrogens with zero attached hydrogens (tertiary/aromatic N) is 1. The normalized spacial score (nSPS) is 12.4. The molecule has 1 unspecified atom stereocenters. The van der Waals surface area contributed by atoms with E-state index in [1.165, 1.54) is 6.26 Å². The highest BCUT2D eigenvalue weighted by molar-refractivity contribution is 5.76. The van der Waals surface area contributed by atoms with Gasteiger partial charge in [0.15, 0.2) is 0 Å². The van der Waals surface area contributed by atoms with Crippen molar-refractivity contribution >= 4 is 5.91 Å². The Morgan fingerprint density at radius 2 is 2.57 bits per heavy atom. The van der Waals surface area contributed by atoms with Gasteiger partial charge in [-0.1, -0.05) is 12.1 Å². The Morgan fingerprint density at radius 3 is 3.14 bits per heavy atom. The summed E-state index contributed by atoms with van der Waals surface area (Å²) in [6.07, 6.45) is 2.63. The first-order valence-electron chi connectivity index (χ1n) is 4.64. The minimum atomic E-state index is -0.0627. The number of hydrogen-bond acceptors (Lipinski definition) is 4. The molecule has 0 aromatic carbocycles. The van der Waals surface area contributed by atoms with E-state index in [0.717, 1.165) is 6.42 Å². The number of carbonyl (C=O) groups is 1. The first-order chi connectivity index (χ1) is 6.72. The molecule has 0 aliphatic rings. The fraction of sp³-hybridized carbons (Fsp3) is 0.556. The zero-order valence-corrected chi connectivity index (χ0v) is 8.19. The number of carbonyl (C=O) groups excluding carboxylic acids is 1. The molecule has 0 saturated heterocycles. The van der Waals surface area contributed by atoms with Gasteiger partial charge in [-0.05, 0) is 6.42 Å². The second-order valence-corrected chi connectivity index (χ2v) is 3.14. The van der Waals surface area contributed by atoms with Crippen molar-refractivity contribution in [1.29, 1.82) is 0 Å². The minimum Gasteiger partial charge on any atom is -0.364 e. The summed E-state index contributed by atoms with van der Waals surface area (Å²) in [6.45, 7) is 2.35. The molecule has 1 amide bonds. The second-order valence-electron chi connectivity index (χ2n) is 3.14. The van der Waals surface area contributed by atoms with Crippen LogP contribution in [0, 0.1) is 0 Å². The molecule has 1 aromatic rings. The monoisotopic (exact) mass is 197 g/mol. The molecular formula is C9H15N3O2. The van der Waals surface area contributed by atoms with E-state index in [9.17, 15) is 4.79 Å². The summed E-state index contributed by atoms with van der Waals surface area (Å²) in [6, 6.07) is 1.65. The van der Waals surface area contributed by atoms with Crippen molar-refractivity contribution < 1.29 is 9.32 Å². The summed E-state index contributed by atoms with van der Waals surface area (Å²) in [5.41, 5.74) is 6.34. The van der Waals surface area contributed by atoms with E-state index in [1.54, 1.807) is 6.07 Å². The molecule has 14 heavy (non-hydrogen) atoms. The maximum atomic E-state index is 11.3. The van der Waals surface area contributed by atoms with Gasteiger partial charge in [0.2, 0.25) is 5.91 Å². The average Bonchev–Trinajstić information content (AvgIpc) is 2.67. The van der Waals surface area contributed by atoms with Gasteiger partial charge in [-0.15, -0.1) is 0 Å². The van der Waals surface area contributed by atoms with Gasteiger partial charge < -0.3 is 15.6 Å². The van der Waals surface area contributed by atoms with Gasteiger partial charge in [0.1, 0.15) is 12.0 Å². The zero-order chi connectivity index (χ0) is 10.4. The Kier molecular flexibility index (Phi) is 4.12. The van der Waals surface area contributed by atoms with Gasteiger partial charge in [0.25, 0.3) is 0 Å². The van der Waals surface area contributed by atoms with Crippen molar-refractivity contribution in [1.82, 2.24) is 10.5 Å². The molecule has 0 aliphatic carbocycles. The molecule has 1 aromatic heterocycles. The van der Waals surface area contributed by atoms with Crippen LogP contribution in [0.15, 0.2) is 16.9 Å². The fourth-order valence-corrected chi connectivity index (χ4v) is 0.973. The van der Waals surface area contributed by atoms with Crippen molar-refractivity contribution in [2.75, 3.05) is 0 Å². The molecule has 0 fully saturated rings. The van der Waals surface area contributed by atoms with Crippen LogP contribution in [-0.4, -0.2) is 17.1 Å². The van der Waals surface area contributed by atoms with Crippen LogP contribution in [0.3, 0.4) is 0 Å². The number of rotatable bonds is 5. The lowest BCUT2D eigenvalue weighted by molar-refractivity contribution is -0.121. The second kappa shape index (κ2) is 5.39. The number of nitrogens with two attached hydrogens (primary N) is 1. The van der Waals surface area contributed by atoms with Gasteiger partial charge >= 0.3 is 0 Å². The maximum Gasteiger partial charge on any atom is 0.221 e. The van der Waals surface area contributed by atoms with Crippen LogP contribution in [0.2, 0.25) is 0 Å². The molecule has 0 radical (unpaired) electrons. The van der Waals surface area contributed by atoms with Gasteiger partial charge in [0, 0.05) is 18.5 Å². The molecule has 0 bridgehead atoms. The summed E-state index contributed by atoms with van der Waals surface area (Å²) in [7, 11) is 0. The smallest absolute Gasteiger partial charge is 0.221 e. The highest BCUT2D eigenvalue weighted by Gasteiger charge is 2.07. The third-order valence-electron chi connectivity index (χ3n) is 1.93. The first-order valence-corrected chi connectivity index (χ1v) is 4.64. The van der Waals surface area contributed by atoms with Crippen molar-refractivity contribution in [3.8, 4) is 0 Å². The largest absolute Gasteiger partial charge is 0.364 e. The molecule has 1 rings (SSSR count). The predicted octanol–water partition coefficient (Wildman–Crippen LogP) is 0.418. The van der Waals surface area contributed by atoms with Crippen LogP contribution in [0.5, 0.6) is 0 Å². The Morgan fingerprint density at radius 1 is 1.79 bits per heavy atom. The molecule has 5 heteroatoms. The van der Waals surface area contributed by atoms with Crippen molar-refractivity contribution in [2.45, 2.75) is 32.4 Å². The van der Waals surface area contributed by atoms with E-state index in [2.05, 4.69) is 15.0 Å². The highest BCUT2D eigenvalue weighted by atomic mass is 16.5. The Labute approximate surface area is 82.6 Å². The SMILES string of the molecule is CCC(N)CC(=O)NCc1ccon1. The van der Waals surface area contributed by atoms with E-state index < -0.39 is 0 Å². The summed E-state index contributed by atoms with van der Waals surface area (Å²) < 4.78 is 4.62. The van der Waals surface area contributed by atoms with E-state index in [0.29, 0.717) is 18.7 Å². The van der Waals surface area contributed by atoms with Crippen LogP contribution in [0.1, 0.15) is 25.5 Å². The molecule has 1 heterocycles. The van der Waals surface area contributed by atoms with E-state index in [-0.39, 0.29) is 11.9 Å². The Bertz CT molecular complexity index is 272. The molecule has 78 valence electrons. The zero-order valence-electron chi connectivity index (χ0n) is 8.19.